The molecule has 2 aromatic rings. The minimum atomic E-state index is -0.685. The number of anilines is 1. The Morgan fingerprint density at radius 3 is 2.64 bits per heavy atom. The van der Waals surface area contributed by atoms with Gasteiger partial charge in [0.25, 0.3) is 0 Å². The summed E-state index contributed by atoms with van der Waals surface area (Å²) in [4.78, 5) is 27.1. The lowest BCUT2D eigenvalue weighted by molar-refractivity contribution is -0.136. The summed E-state index contributed by atoms with van der Waals surface area (Å²) >= 11 is 1.65. The Morgan fingerprint density at radius 2 is 1.93 bits per heavy atom. The summed E-state index contributed by atoms with van der Waals surface area (Å²) in [5, 5.41) is 9.62. The number of hydrogen-bond donors (Lipinski definition) is 2. The first-order valence-corrected chi connectivity index (χ1v) is 10.7. The molecule has 0 aliphatic carbocycles. The number of thiophene rings is 1. The lowest BCUT2D eigenvalue weighted by atomic mass is 10.0. The van der Waals surface area contributed by atoms with Crippen LogP contribution in [0.3, 0.4) is 0 Å². The number of amides is 2. The van der Waals surface area contributed by atoms with Gasteiger partial charge in [0.05, 0.1) is 18.3 Å². The van der Waals surface area contributed by atoms with Crippen molar-refractivity contribution in [3.05, 3.63) is 46.7 Å². The third-order valence-corrected chi connectivity index (χ3v) is 5.56. The highest BCUT2D eigenvalue weighted by atomic mass is 32.1. The molecule has 1 atom stereocenters. The average Bonchev–Trinajstić information content (AvgIpc) is 3.25. The molecule has 0 saturated carbocycles. The normalized spacial score (nSPS) is 15.6. The Kier molecular flexibility index (Phi) is 7.45. The summed E-state index contributed by atoms with van der Waals surface area (Å²) in [6.07, 6.45) is 3.59. The Morgan fingerprint density at radius 1 is 1.14 bits per heavy atom. The molecule has 1 aromatic carbocycles. The van der Waals surface area contributed by atoms with Crippen molar-refractivity contribution in [2.24, 2.45) is 0 Å². The molecule has 6 nitrogen and oxygen atoms in total. The predicted octanol–water partition coefficient (Wildman–Crippen LogP) is 3.43. The minimum Gasteiger partial charge on any atom is -0.492 e. The van der Waals surface area contributed by atoms with Crippen LogP contribution in [-0.4, -0.2) is 43.0 Å². The van der Waals surface area contributed by atoms with Gasteiger partial charge in [-0.25, -0.2) is 0 Å². The quantitative estimate of drug-likeness (QED) is 0.698. The van der Waals surface area contributed by atoms with E-state index in [1.165, 1.54) is 24.8 Å². The SMILES string of the molecule is CCOc1ccccc1NC(=O)C(=O)NCC(c1ccsc1)N1CCCCC1. The van der Waals surface area contributed by atoms with E-state index < -0.39 is 11.8 Å². The van der Waals surface area contributed by atoms with Crippen LogP contribution in [0.5, 0.6) is 5.75 Å². The number of nitrogens with zero attached hydrogens (tertiary/aromatic N) is 1. The largest absolute Gasteiger partial charge is 0.492 e. The number of likely N-dealkylation sites (tertiary alicyclic amines) is 1. The zero-order valence-corrected chi connectivity index (χ0v) is 17.0. The summed E-state index contributed by atoms with van der Waals surface area (Å²) in [6, 6.07) is 9.29. The van der Waals surface area contributed by atoms with Crippen LogP contribution >= 0.6 is 11.3 Å². The second kappa shape index (κ2) is 10.2. The van der Waals surface area contributed by atoms with E-state index in [9.17, 15) is 9.59 Å². The number of hydrogen-bond acceptors (Lipinski definition) is 5. The fraction of sp³-hybridized carbons (Fsp3) is 0.429. The maximum atomic E-state index is 12.4. The van der Waals surface area contributed by atoms with Crippen molar-refractivity contribution in [3.8, 4) is 5.75 Å². The van der Waals surface area contributed by atoms with E-state index in [0.717, 1.165) is 13.1 Å². The van der Waals surface area contributed by atoms with E-state index in [0.29, 0.717) is 24.6 Å². The standard InChI is InChI=1S/C21H27N3O3S/c1-2-27-19-9-5-4-8-17(19)23-21(26)20(25)22-14-18(16-10-13-28-15-16)24-11-6-3-7-12-24/h4-5,8-10,13,15,18H,2-3,6-7,11-12,14H2,1H3,(H,22,25)(H,23,26). The fourth-order valence-corrected chi connectivity index (χ4v) is 4.16. The third kappa shape index (κ3) is 5.33. The van der Waals surface area contributed by atoms with Gasteiger partial charge in [0, 0.05) is 6.54 Å². The maximum absolute atomic E-state index is 12.4. The first-order valence-electron chi connectivity index (χ1n) is 9.76. The molecule has 28 heavy (non-hydrogen) atoms. The van der Waals surface area contributed by atoms with Crippen molar-refractivity contribution in [1.29, 1.82) is 0 Å². The highest BCUT2D eigenvalue weighted by Crippen LogP contribution is 2.26. The van der Waals surface area contributed by atoms with E-state index in [4.69, 9.17) is 4.74 Å². The summed E-state index contributed by atoms with van der Waals surface area (Å²) in [6.45, 7) is 4.80. The van der Waals surface area contributed by atoms with Crippen LogP contribution < -0.4 is 15.4 Å². The van der Waals surface area contributed by atoms with Crippen LogP contribution in [0.15, 0.2) is 41.1 Å². The molecule has 0 radical (unpaired) electrons. The number of rotatable bonds is 7. The van der Waals surface area contributed by atoms with Crippen molar-refractivity contribution >= 4 is 28.8 Å². The summed E-state index contributed by atoms with van der Waals surface area (Å²) in [5.74, 6) is -0.769. The molecule has 2 heterocycles. The van der Waals surface area contributed by atoms with Crippen LogP contribution in [0, 0.1) is 0 Å². The smallest absolute Gasteiger partial charge is 0.313 e. The van der Waals surface area contributed by atoms with E-state index in [2.05, 4.69) is 27.0 Å². The van der Waals surface area contributed by atoms with Gasteiger partial charge >= 0.3 is 11.8 Å². The van der Waals surface area contributed by atoms with Gasteiger partial charge in [0.2, 0.25) is 0 Å². The van der Waals surface area contributed by atoms with Gasteiger partial charge in [-0.3, -0.25) is 14.5 Å². The topological polar surface area (TPSA) is 70.7 Å². The number of nitrogens with one attached hydrogen (secondary N) is 2. The third-order valence-electron chi connectivity index (χ3n) is 4.86. The van der Waals surface area contributed by atoms with Crippen molar-refractivity contribution in [1.82, 2.24) is 10.2 Å². The first-order chi connectivity index (χ1) is 13.7. The van der Waals surface area contributed by atoms with Crippen LogP contribution in [0.25, 0.3) is 0 Å². The lowest BCUT2D eigenvalue weighted by Gasteiger charge is -2.34. The van der Waals surface area contributed by atoms with Crippen LogP contribution in [0.4, 0.5) is 5.69 Å². The molecule has 0 bridgehead atoms. The molecule has 3 rings (SSSR count). The summed E-state index contributed by atoms with van der Waals surface area (Å²) in [7, 11) is 0. The fourth-order valence-electron chi connectivity index (χ4n) is 3.45. The molecule has 2 amide bonds. The van der Waals surface area contributed by atoms with Crippen molar-refractivity contribution in [2.45, 2.75) is 32.2 Å². The van der Waals surface area contributed by atoms with Gasteiger partial charge in [-0.15, -0.1) is 0 Å². The van der Waals surface area contributed by atoms with Crippen molar-refractivity contribution < 1.29 is 14.3 Å². The number of para-hydroxylation sites is 2. The van der Waals surface area contributed by atoms with Crippen molar-refractivity contribution in [3.63, 3.8) is 0 Å². The van der Waals surface area contributed by atoms with Crippen LogP contribution in [0.2, 0.25) is 0 Å². The number of carbonyl (C=O) groups is 2. The van der Waals surface area contributed by atoms with E-state index in [1.54, 1.807) is 29.5 Å². The Balaban J connectivity index is 1.60. The second-order valence-electron chi connectivity index (χ2n) is 6.76. The zero-order chi connectivity index (χ0) is 19.8. The number of carbonyl (C=O) groups excluding carboxylic acids is 2. The highest BCUT2D eigenvalue weighted by Gasteiger charge is 2.24. The minimum absolute atomic E-state index is 0.0963. The lowest BCUT2D eigenvalue weighted by Crippen LogP contribution is -2.43. The first kappa shape index (κ1) is 20.4. The van der Waals surface area contributed by atoms with Crippen LogP contribution in [0.1, 0.15) is 37.8 Å². The van der Waals surface area contributed by atoms with E-state index >= 15 is 0 Å². The number of ether oxygens (including phenoxy) is 1. The molecule has 1 unspecified atom stereocenters. The molecule has 1 saturated heterocycles. The number of piperidine rings is 1. The Hall–Kier alpha value is -2.38. The monoisotopic (exact) mass is 401 g/mol. The van der Waals surface area contributed by atoms with Gasteiger partial charge in [0.15, 0.2) is 0 Å². The molecule has 7 heteroatoms. The zero-order valence-electron chi connectivity index (χ0n) is 16.1. The van der Waals surface area contributed by atoms with Crippen molar-refractivity contribution in [2.75, 3.05) is 31.6 Å². The molecule has 1 aliphatic heterocycles. The second-order valence-corrected chi connectivity index (χ2v) is 7.54. The molecular weight excluding hydrogens is 374 g/mol. The molecule has 1 aliphatic rings. The molecule has 1 aromatic heterocycles. The Bertz CT molecular complexity index is 773. The van der Waals surface area contributed by atoms with Gasteiger partial charge in [-0.1, -0.05) is 18.6 Å². The summed E-state index contributed by atoms with van der Waals surface area (Å²) < 4.78 is 5.49. The molecule has 2 N–H and O–H groups in total. The molecule has 150 valence electrons. The average molecular weight is 402 g/mol. The maximum Gasteiger partial charge on any atom is 0.313 e. The van der Waals surface area contributed by atoms with Gasteiger partial charge < -0.3 is 15.4 Å². The molecular formula is C21H27N3O3S. The van der Waals surface area contributed by atoms with Gasteiger partial charge in [-0.05, 0) is 67.4 Å². The van der Waals surface area contributed by atoms with Gasteiger partial charge in [-0.2, -0.15) is 11.3 Å². The molecule has 0 spiro atoms. The number of benzene rings is 1. The highest BCUT2D eigenvalue weighted by molar-refractivity contribution is 7.08. The van der Waals surface area contributed by atoms with Gasteiger partial charge in [0.1, 0.15) is 5.75 Å². The van der Waals surface area contributed by atoms with E-state index in [1.807, 2.05) is 18.4 Å². The Labute approximate surface area is 169 Å². The van der Waals surface area contributed by atoms with Crippen LogP contribution in [-0.2, 0) is 9.59 Å². The summed E-state index contributed by atoms with van der Waals surface area (Å²) in [5.41, 5.74) is 1.68. The molecule has 1 fully saturated rings. The predicted molar refractivity (Wildman–Crippen MR) is 112 cm³/mol. The van der Waals surface area contributed by atoms with E-state index in [-0.39, 0.29) is 6.04 Å².